The highest BCUT2D eigenvalue weighted by molar-refractivity contribution is 7.12. The summed E-state index contributed by atoms with van der Waals surface area (Å²) in [6.45, 7) is 29.7. The van der Waals surface area contributed by atoms with Gasteiger partial charge in [0, 0.05) is 22.0 Å². The minimum Gasteiger partial charge on any atom is -0.462 e. The molecule has 4 aromatic carbocycles. The van der Waals surface area contributed by atoms with E-state index in [1.54, 1.807) is 11.3 Å². The first-order chi connectivity index (χ1) is 34.0. The van der Waals surface area contributed by atoms with Gasteiger partial charge in [-0.25, -0.2) is 20.0 Å². The highest BCUT2D eigenvalue weighted by Gasteiger charge is 2.51. The third-order valence-electron chi connectivity index (χ3n) is 14.9. The molecule has 0 radical (unpaired) electrons. The molecular formula is C63H66N4O4S. The van der Waals surface area contributed by atoms with Crippen molar-refractivity contribution in [3.8, 4) is 22.9 Å². The van der Waals surface area contributed by atoms with E-state index in [0.717, 1.165) is 77.1 Å². The molecule has 2 unspecified atom stereocenters. The van der Waals surface area contributed by atoms with Crippen LogP contribution in [0.4, 0.5) is 0 Å². The van der Waals surface area contributed by atoms with E-state index in [-0.39, 0.29) is 44.9 Å². The van der Waals surface area contributed by atoms with Crippen molar-refractivity contribution in [3.63, 3.8) is 0 Å². The molecule has 0 spiro atoms. The lowest BCUT2D eigenvalue weighted by molar-refractivity contribution is 0.0589. The second-order valence-corrected chi connectivity index (χ2v) is 24.8. The first-order valence-electron chi connectivity index (χ1n) is 25.0. The van der Waals surface area contributed by atoms with E-state index in [4.69, 9.17) is 28.3 Å². The van der Waals surface area contributed by atoms with Crippen molar-refractivity contribution in [2.24, 2.45) is 42.5 Å². The van der Waals surface area contributed by atoms with Crippen LogP contribution < -0.4 is 0 Å². The molecule has 368 valence electrons. The molecular weight excluding hydrogens is 909 g/mol. The minimum atomic E-state index is -0.338. The van der Waals surface area contributed by atoms with Gasteiger partial charge in [-0.2, -0.15) is 0 Å². The van der Waals surface area contributed by atoms with Crippen LogP contribution in [-0.2, 0) is 9.47 Å². The smallest absolute Gasteiger partial charge is 0.227 e. The number of ether oxygens (including phenoxy) is 2. The molecule has 9 heteroatoms. The number of aliphatic imine (C=N–C) groups is 2. The molecule has 2 atom stereocenters. The molecule has 72 heavy (non-hydrogen) atoms. The van der Waals surface area contributed by atoms with Crippen LogP contribution in [0.2, 0.25) is 0 Å². The van der Waals surface area contributed by atoms with Crippen molar-refractivity contribution in [2.75, 3.05) is 0 Å². The Labute approximate surface area is 428 Å². The van der Waals surface area contributed by atoms with Gasteiger partial charge in [0.1, 0.15) is 34.0 Å². The summed E-state index contributed by atoms with van der Waals surface area (Å²) in [5.74, 6) is 3.06. The number of nitrogens with zero attached hydrogens (tertiary/aromatic N) is 4. The molecule has 0 saturated carbocycles. The molecule has 0 saturated heterocycles. The fraction of sp³-hybridized carbons (Fsp3) is 0.333. The van der Waals surface area contributed by atoms with Crippen LogP contribution in [0.25, 0.3) is 57.3 Å². The van der Waals surface area contributed by atoms with Crippen LogP contribution >= 0.6 is 11.3 Å². The Balaban J connectivity index is 0.000000168. The Bertz CT molecular complexity index is 3250. The van der Waals surface area contributed by atoms with Crippen LogP contribution in [0.1, 0.15) is 122 Å². The van der Waals surface area contributed by atoms with Gasteiger partial charge in [-0.05, 0) is 130 Å². The summed E-state index contributed by atoms with van der Waals surface area (Å²) in [5, 5.41) is 0. The van der Waals surface area contributed by atoms with Crippen molar-refractivity contribution in [2.45, 2.75) is 102 Å². The molecule has 4 aliphatic rings. The third-order valence-corrected chi connectivity index (χ3v) is 16.1. The van der Waals surface area contributed by atoms with Gasteiger partial charge in [0.2, 0.25) is 24.2 Å². The number of aryl methyl sites for hydroxylation is 1. The predicted octanol–water partition coefficient (Wildman–Crippen LogP) is 17.5. The lowest BCUT2D eigenvalue weighted by Crippen LogP contribution is -2.45. The molecule has 0 amide bonds. The molecule has 0 N–H and O–H groups in total. The van der Waals surface area contributed by atoms with Crippen molar-refractivity contribution in [1.29, 1.82) is 0 Å². The highest BCUT2D eigenvalue weighted by atomic mass is 32.1. The summed E-state index contributed by atoms with van der Waals surface area (Å²) in [5.41, 5.74) is 10.4. The summed E-state index contributed by atoms with van der Waals surface area (Å²) in [4.78, 5) is 21.2. The van der Waals surface area contributed by atoms with Crippen molar-refractivity contribution < 1.29 is 18.3 Å². The van der Waals surface area contributed by atoms with Crippen molar-refractivity contribution in [3.05, 3.63) is 178 Å². The topological polar surface area (TPSA) is 95.2 Å². The quantitative estimate of drug-likeness (QED) is 0.154. The zero-order chi connectivity index (χ0) is 51.0. The van der Waals surface area contributed by atoms with E-state index in [1.807, 2.05) is 66.7 Å². The maximum Gasteiger partial charge on any atom is 0.227 e. The molecule has 11 rings (SSSR count). The maximum atomic E-state index is 6.49. The highest BCUT2D eigenvalue weighted by Crippen LogP contribution is 2.58. The van der Waals surface area contributed by atoms with Gasteiger partial charge in [-0.15, -0.1) is 11.3 Å². The number of hydrogen-bond acceptors (Lipinski definition) is 9. The largest absolute Gasteiger partial charge is 0.462 e. The number of hydrogen-bond donors (Lipinski definition) is 0. The number of aromatic nitrogens is 2. The molecule has 2 aliphatic carbocycles. The second kappa shape index (κ2) is 17.7. The van der Waals surface area contributed by atoms with Gasteiger partial charge in [0.05, 0.1) is 9.75 Å². The standard InChI is InChI=1S/C34H46N2O2S.C29H20N2O2/c1-29(2,3)33(30(4,5)6)17-15-21-23(19-33)37-27(35-21)25-13-14-26(39-25)28-36-22-16-18-34(31(7,8)9,32(10,11)12)20-24(22)38-28;1-19-6-17-27-25(18-19)31-29(33-27)23-15-11-21(12-16-23)8-7-20-9-13-22(14-10-20)28-30-24-4-2-3-5-26(24)32-28/h13-20,27-28H,1-12H3;2-18H,1H3. The van der Waals surface area contributed by atoms with E-state index < -0.39 is 0 Å². The first kappa shape index (κ1) is 48.8. The Kier molecular flexibility index (Phi) is 12.0. The van der Waals surface area contributed by atoms with Crippen molar-refractivity contribution >= 4 is 57.1 Å². The normalized spacial score (nSPS) is 19.2. The molecule has 0 fully saturated rings. The zero-order valence-electron chi connectivity index (χ0n) is 43.9. The first-order valence-corrected chi connectivity index (χ1v) is 25.9. The number of thiophene rings is 1. The summed E-state index contributed by atoms with van der Waals surface area (Å²) in [6.07, 6.45) is 17.1. The van der Waals surface area contributed by atoms with E-state index in [2.05, 4.69) is 185 Å². The zero-order valence-corrected chi connectivity index (χ0v) is 44.7. The van der Waals surface area contributed by atoms with E-state index >= 15 is 0 Å². The van der Waals surface area contributed by atoms with E-state index in [0.29, 0.717) is 11.8 Å². The number of benzene rings is 4. The van der Waals surface area contributed by atoms with E-state index in [9.17, 15) is 0 Å². The number of para-hydroxylation sites is 2. The maximum absolute atomic E-state index is 6.49. The average molecular weight is 975 g/mol. The van der Waals surface area contributed by atoms with Crippen LogP contribution in [0, 0.1) is 39.4 Å². The Hall–Kier alpha value is -6.84. The molecule has 8 nitrogen and oxygen atoms in total. The second-order valence-electron chi connectivity index (χ2n) is 23.7. The number of fused-ring (bicyclic) bond motifs is 4. The number of rotatable bonds is 6. The molecule has 5 heterocycles. The number of allylic oxidation sites excluding steroid dienone is 6. The van der Waals surface area contributed by atoms with Crippen LogP contribution in [0.15, 0.2) is 170 Å². The predicted molar refractivity (Wildman–Crippen MR) is 297 cm³/mol. The SMILES string of the molecule is CC(C)(C)C1(C(C)(C)C)C=CC2=NC(c3ccc(C4N=C5C=CC(C(C)(C)C)(C(C)(C)C)C=C5O4)s3)OC2=C1.Cc1ccc2oc(-c3ccc(C=Cc4ccc(-c5nc6ccccc6o5)cc4)cc3)nc2c1. The van der Waals surface area contributed by atoms with Crippen LogP contribution in [0.3, 0.4) is 0 Å². The monoisotopic (exact) mass is 974 g/mol. The van der Waals surface area contributed by atoms with Gasteiger partial charge in [-0.1, -0.05) is 150 Å². The van der Waals surface area contributed by atoms with Gasteiger partial charge in [0.25, 0.3) is 0 Å². The van der Waals surface area contributed by atoms with E-state index in [1.165, 1.54) is 5.56 Å². The van der Waals surface area contributed by atoms with Gasteiger partial charge < -0.3 is 18.3 Å². The van der Waals surface area contributed by atoms with Crippen LogP contribution in [-0.4, -0.2) is 21.4 Å². The molecule has 7 aromatic rings. The summed E-state index contributed by atoms with van der Waals surface area (Å²) in [6, 6.07) is 34.5. The van der Waals surface area contributed by atoms with Gasteiger partial charge in [-0.3, -0.25) is 0 Å². The molecule has 3 aromatic heterocycles. The van der Waals surface area contributed by atoms with Gasteiger partial charge in [0.15, 0.2) is 11.2 Å². The third kappa shape index (κ3) is 8.95. The molecule has 0 bridgehead atoms. The van der Waals surface area contributed by atoms with Crippen LogP contribution in [0.5, 0.6) is 0 Å². The lowest BCUT2D eigenvalue weighted by atomic mass is 9.53. The Morgan fingerprint density at radius 1 is 0.500 bits per heavy atom. The van der Waals surface area contributed by atoms with Gasteiger partial charge >= 0.3 is 0 Å². The Morgan fingerprint density at radius 3 is 1.38 bits per heavy atom. The fourth-order valence-electron chi connectivity index (χ4n) is 11.0. The summed E-state index contributed by atoms with van der Waals surface area (Å²) < 4.78 is 24.7. The summed E-state index contributed by atoms with van der Waals surface area (Å²) >= 11 is 1.67. The fourth-order valence-corrected chi connectivity index (χ4v) is 12.0. The number of oxazole rings is 2. The lowest BCUT2D eigenvalue weighted by Gasteiger charge is -2.51. The van der Waals surface area contributed by atoms with Crippen molar-refractivity contribution in [1.82, 2.24) is 9.97 Å². The average Bonchev–Trinajstić information content (AvgIpc) is 4.18. The summed E-state index contributed by atoms with van der Waals surface area (Å²) in [7, 11) is 0. The molecule has 2 aliphatic heterocycles. The Morgan fingerprint density at radius 2 is 0.931 bits per heavy atom. The minimum absolute atomic E-state index is 0.0360.